The van der Waals surface area contributed by atoms with E-state index in [1.807, 2.05) is 35.9 Å². The Kier molecular flexibility index (Phi) is 4.10. The molecule has 28 heavy (non-hydrogen) atoms. The fraction of sp³-hybridized carbons (Fsp3) is 0.143. The molecule has 0 atom stereocenters. The number of fused-ring (bicyclic) bond motifs is 3. The maximum absolute atomic E-state index is 12.9. The van der Waals surface area contributed by atoms with Crippen LogP contribution in [-0.2, 0) is 13.2 Å². The molecule has 0 aliphatic carbocycles. The van der Waals surface area contributed by atoms with Crippen LogP contribution in [0.1, 0.15) is 27.2 Å². The van der Waals surface area contributed by atoms with E-state index in [1.165, 1.54) is 24.3 Å². The normalized spacial score (nSPS) is 12.5. The molecule has 0 aliphatic rings. The molecule has 2 aromatic carbocycles. The smallest absolute Gasteiger partial charge is 0.327 e. The summed E-state index contributed by atoms with van der Waals surface area (Å²) in [6.07, 6.45) is -1.74. The second-order valence-corrected chi connectivity index (χ2v) is 6.56. The topological polar surface area (TPSA) is 39.3 Å². The molecule has 4 rings (SSSR count). The van der Waals surface area contributed by atoms with Crippen LogP contribution in [0.5, 0.6) is 0 Å². The van der Waals surface area contributed by atoms with Gasteiger partial charge in [0.25, 0.3) is 0 Å². The second kappa shape index (κ2) is 6.37. The van der Waals surface area contributed by atoms with Crippen LogP contribution in [0.4, 0.5) is 13.2 Å². The van der Waals surface area contributed by atoms with Crippen LogP contribution in [0.25, 0.3) is 22.8 Å². The van der Waals surface area contributed by atoms with Gasteiger partial charge in [-0.25, -0.2) is 4.52 Å². The molecule has 142 valence electrons. The number of aromatic nitrogens is 3. The first-order chi connectivity index (χ1) is 13.3. The quantitative estimate of drug-likeness (QED) is 0.367. The maximum atomic E-state index is 12.9. The van der Waals surface area contributed by atoms with Crippen molar-refractivity contribution in [2.24, 2.45) is 7.05 Å². The Morgan fingerprint density at radius 3 is 2.50 bits per heavy atom. The van der Waals surface area contributed by atoms with E-state index in [0.29, 0.717) is 22.5 Å². The van der Waals surface area contributed by atoms with Gasteiger partial charge >= 0.3 is 6.18 Å². The Bertz CT molecular complexity index is 1250. The highest BCUT2D eigenvalue weighted by molar-refractivity contribution is 6.12. The molecule has 0 fully saturated rings. The number of aryl methyl sites for hydroxylation is 2. The lowest BCUT2D eigenvalue weighted by Gasteiger charge is -2.06. The largest absolute Gasteiger partial charge is 0.416 e. The summed E-state index contributed by atoms with van der Waals surface area (Å²) >= 11 is 0. The Morgan fingerprint density at radius 1 is 1.07 bits per heavy atom. The lowest BCUT2D eigenvalue weighted by Crippen LogP contribution is -2.04. The highest BCUT2D eigenvalue weighted by Crippen LogP contribution is 2.30. The Hall–Kier alpha value is -3.35. The molecule has 2 aromatic heterocycles. The standard InChI is InChI=1S/C21H16F3N3O/c1-13-19(20-26(2)16-8-3-4-9-17(16)27(20)25-13)18(28)11-10-14-6-5-7-15(12-14)21(22,23)24/h3-12H,1-2H3. The molecule has 0 unspecified atom stereocenters. The highest BCUT2D eigenvalue weighted by atomic mass is 19.4. The summed E-state index contributed by atoms with van der Waals surface area (Å²) in [7, 11) is 1.85. The van der Waals surface area contributed by atoms with Crippen LogP contribution in [0.3, 0.4) is 0 Å². The van der Waals surface area contributed by atoms with Gasteiger partial charge in [-0.1, -0.05) is 30.3 Å². The summed E-state index contributed by atoms with van der Waals surface area (Å²) in [6.45, 7) is 1.74. The van der Waals surface area contributed by atoms with E-state index in [1.54, 1.807) is 11.4 Å². The van der Waals surface area contributed by atoms with Crippen LogP contribution >= 0.6 is 0 Å². The number of ketones is 1. The van der Waals surface area contributed by atoms with Gasteiger partial charge in [-0.05, 0) is 42.8 Å². The highest BCUT2D eigenvalue weighted by Gasteiger charge is 2.30. The molecule has 4 nitrogen and oxygen atoms in total. The number of allylic oxidation sites excluding steroid dienone is 1. The van der Waals surface area contributed by atoms with Crippen molar-refractivity contribution in [3.63, 3.8) is 0 Å². The van der Waals surface area contributed by atoms with Gasteiger partial charge in [0.15, 0.2) is 5.78 Å². The molecule has 0 bridgehead atoms. The van der Waals surface area contributed by atoms with Crippen LogP contribution in [0.15, 0.2) is 54.6 Å². The van der Waals surface area contributed by atoms with Crippen molar-refractivity contribution in [2.75, 3.05) is 0 Å². The van der Waals surface area contributed by atoms with E-state index >= 15 is 0 Å². The maximum Gasteiger partial charge on any atom is 0.416 e. The number of rotatable bonds is 3. The van der Waals surface area contributed by atoms with Crippen molar-refractivity contribution in [1.82, 2.24) is 14.2 Å². The van der Waals surface area contributed by atoms with E-state index in [9.17, 15) is 18.0 Å². The van der Waals surface area contributed by atoms with Gasteiger partial charge < -0.3 is 4.57 Å². The lowest BCUT2D eigenvalue weighted by atomic mass is 10.1. The van der Waals surface area contributed by atoms with E-state index < -0.39 is 11.7 Å². The van der Waals surface area contributed by atoms with Gasteiger partial charge in [0.05, 0.1) is 27.9 Å². The van der Waals surface area contributed by atoms with E-state index in [-0.39, 0.29) is 5.78 Å². The molecule has 0 saturated heterocycles. The number of halogens is 3. The zero-order valence-electron chi connectivity index (χ0n) is 15.2. The third-order valence-corrected chi connectivity index (χ3v) is 4.71. The summed E-state index contributed by atoms with van der Waals surface area (Å²) in [5.41, 5.74) is 3.01. The van der Waals surface area contributed by atoms with Crippen LogP contribution in [0.2, 0.25) is 0 Å². The van der Waals surface area contributed by atoms with Crippen molar-refractivity contribution in [2.45, 2.75) is 13.1 Å². The second-order valence-electron chi connectivity index (χ2n) is 6.56. The van der Waals surface area contributed by atoms with Crippen molar-refractivity contribution in [3.05, 3.63) is 77.0 Å². The first-order valence-electron chi connectivity index (χ1n) is 8.60. The Morgan fingerprint density at radius 2 is 1.79 bits per heavy atom. The average molecular weight is 383 g/mol. The first-order valence-corrected chi connectivity index (χ1v) is 8.60. The number of imidazole rings is 1. The number of hydrogen-bond donors (Lipinski definition) is 0. The van der Waals surface area contributed by atoms with Gasteiger partial charge in [0.2, 0.25) is 0 Å². The SMILES string of the molecule is Cc1nn2c3ccccc3n(C)c2c1C(=O)C=Cc1cccc(C(F)(F)F)c1. The predicted octanol–water partition coefficient (Wildman–Crippen LogP) is 5.05. The Balaban J connectivity index is 1.76. The molecule has 0 amide bonds. The van der Waals surface area contributed by atoms with Crippen molar-refractivity contribution >= 4 is 28.5 Å². The minimum absolute atomic E-state index is 0.307. The molecular weight excluding hydrogens is 367 g/mol. The van der Waals surface area contributed by atoms with E-state index in [4.69, 9.17) is 0 Å². The molecule has 0 saturated carbocycles. The van der Waals surface area contributed by atoms with Crippen LogP contribution < -0.4 is 0 Å². The molecular formula is C21H16F3N3O. The van der Waals surface area contributed by atoms with Crippen molar-refractivity contribution < 1.29 is 18.0 Å². The zero-order chi connectivity index (χ0) is 20.1. The van der Waals surface area contributed by atoms with E-state index in [0.717, 1.165) is 23.2 Å². The molecule has 2 heterocycles. The number of para-hydroxylation sites is 2. The zero-order valence-corrected chi connectivity index (χ0v) is 15.2. The molecule has 0 radical (unpaired) electrons. The first kappa shape index (κ1) is 18.0. The minimum atomic E-state index is -4.42. The van der Waals surface area contributed by atoms with Crippen LogP contribution in [-0.4, -0.2) is 20.0 Å². The monoisotopic (exact) mass is 383 g/mol. The fourth-order valence-electron chi connectivity index (χ4n) is 3.40. The summed E-state index contributed by atoms with van der Waals surface area (Å²) in [5.74, 6) is -0.309. The summed E-state index contributed by atoms with van der Waals surface area (Å²) in [5, 5.41) is 4.48. The van der Waals surface area contributed by atoms with Gasteiger partial charge in [-0.2, -0.15) is 18.3 Å². The summed E-state index contributed by atoms with van der Waals surface area (Å²) < 4.78 is 42.2. The minimum Gasteiger partial charge on any atom is -0.327 e. The number of benzene rings is 2. The number of carbonyl (C=O) groups excluding carboxylic acids is 1. The van der Waals surface area contributed by atoms with Gasteiger partial charge in [0.1, 0.15) is 5.65 Å². The van der Waals surface area contributed by atoms with Crippen molar-refractivity contribution in [3.8, 4) is 0 Å². The Labute approximate surface area is 158 Å². The van der Waals surface area contributed by atoms with E-state index in [2.05, 4.69) is 5.10 Å². The number of nitrogens with zero attached hydrogens (tertiary/aromatic N) is 3. The third kappa shape index (κ3) is 2.89. The molecule has 0 spiro atoms. The van der Waals surface area contributed by atoms with Gasteiger partial charge in [0, 0.05) is 7.05 Å². The number of carbonyl (C=O) groups is 1. The molecule has 4 aromatic rings. The molecule has 7 heteroatoms. The molecule has 0 aliphatic heterocycles. The van der Waals surface area contributed by atoms with Crippen LogP contribution in [0, 0.1) is 6.92 Å². The number of alkyl halides is 3. The predicted molar refractivity (Wildman–Crippen MR) is 101 cm³/mol. The lowest BCUT2D eigenvalue weighted by molar-refractivity contribution is -0.137. The number of hydrogen-bond acceptors (Lipinski definition) is 2. The van der Waals surface area contributed by atoms with Gasteiger partial charge in [-0.3, -0.25) is 4.79 Å². The summed E-state index contributed by atoms with van der Waals surface area (Å²) in [6, 6.07) is 12.5. The summed E-state index contributed by atoms with van der Waals surface area (Å²) in [4.78, 5) is 12.8. The van der Waals surface area contributed by atoms with Gasteiger partial charge in [-0.15, -0.1) is 0 Å². The average Bonchev–Trinajstić information content (AvgIpc) is 3.14. The fourth-order valence-corrected chi connectivity index (χ4v) is 3.40. The molecule has 0 N–H and O–H groups in total. The van der Waals surface area contributed by atoms with Crippen molar-refractivity contribution in [1.29, 1.82) is 0 Å². The third-order valence-electron chi connectivity index (χ3n) is 4.71.